The molecule has 0 aliphatic carbocycles. The number of aromatic hydroxyl groups is 1. The molecule has 2 atom stereocenters. The zero-order valence-corrected chi connectivity index (χ0v) is 21.6. The molecule has 2 heterocycles. The average Bonchev–Trinajstić information content (AvgIpc) is 2.99. The third-order valence-electron chi connectivity index (χ3n) is 8.13. The topological polar surface area (TPSA) is 57.2 Å². The smallest absolute Gasteiger partial charge is 0.261 e. The first kappa shape index (κ1) is 23.3. The highest BCUT2D eigenvalue weighted by molar-refractivity contribution is 6.09. The van der Waals surface area contributed by atoms with Crippen LogP contribution < -0.4 is 4.74 Å². The van der Waals surface area contributed by atoms with Gasteiger partial charge in [-0.1, -0.05) is 83.1 Å². The Bertz CT molecular complexity index is 1520. The molecule has 5 nitrogen and oxygen atoms in total. The number of hydrogen-bond donors (Lipinski definition) is 1. The number of rotatable bonds is 3. The zero-order valence-electron chi connectivity index (χ0n) is 21.6. The highest BCUT2D eigenvalue weighted by atomic mass is 17.3. The highest BCUT2D eigenvalue weighted by Crippen LogP contribution is 2.69. The fourth-order valence-corrected chi connectivity index (χ4v) is 6.69. The van der Waals surface area contributed by atoms with Crippen molar-refractivity contribution in [1.82, 2.24) is 0 Å². The second kappa shape index (κ2) is 7.45. The minimum Gasteiger partial charge on any atom is -0.507 e. The SMILES string of the molecule is COc1ccc2ccccc2c1-c1c(O)ccc2ccc(C34OCC(C)(C)C3(C(C)(C)C)OO4)cc12. The summed E-state index contributed by atoms with van der Waals surface area (Å²) in [6.07, 6.45) is 0. The number of methoxy groups -OCH3 is 1. The molecule has 0 aromatic heterocycles. The lowest BCUT2D eigenvalue weighted by atomic mass is 9.57. The lowest BCUT2D eigenvalue weighted by Gasteiger charge is -2.61. The largest absolute Gasteiger partial charge is 0.507 e. The van der Waals surface area contributed by atoms with Gasteiger partial charge in [-0.15, -0.1) is 0 Å². The second-order valence-electron chi connectivity index (χ2n) is 11.6. The van der Waals surface area contributed by atoms with Crippen LogP contribution in [0.25, 0.3) is 32.7 Å². The molecule has 0 amide bonds. The fraction of sp³-hybridized carbons (Fsp3) is 0.355. The number of hydrogen-bond acceptors (Lipinski definition) is 5. The third kappa shape index (κ3) is 2.76. The van der Waals surface area contributed by atoms with Crippen LogP contribution in [0.3, 0.4) is 0 Å². The van der Waals surface area contributed by atoms with Gasteiger partial charge in [0.15, 0.2) is 5.60 Å². The number of phenols is 1. The van der Waals surface area contributed by atoms with E-state index in [4.69, 9.17) is 19.2 Å². The Labute approximate surface area is 211 Å². The van der Waals surface area contributed by atoms with Gasteiger partial charge in [-0.05, 0) is 39.7 Å². The van der Waals surface area contributed by atoms with E-state index < -0.39 is 11.4 Å². The van der Waals surface area contributed by atoms with E-state index in [0.717, 1.165) is 38.2 Å². The number of ether oxygens (including phenoxy) is 2. The molecule has 0 radical (unpaired) electrons. The number of fused-ring (bicyclic) bond motifs is 3. The summed E-state index contributed by atoms with van der Waals surface area (Å²) in [5.74, 6) is -0.160. The molecule has 2 aliphatic rings. The maximum atomic E-state index is 11.2. The van der Waals surface area contributed by atoms with Crippen LogP contribution in [0.2, 0.25) is 0 Å². The summed E-state index contributed by atoms with van der Waals surface area (Å²) < 4.78 is 12.3. The van der Waals surface area contributed by atoms with E-state index in [1.807, 2.05) is 36.4 Å². The van der Waals surface area contributed by atoms with Crippen LogP contribution in [0.5, 0.6) is 11.5 Å². The van der Waals surface area contributed by atoms with Crippen molar-refractivity contribution in [2.75, 3.05) is 13.7 Å². The maximum Gasteiger partial charge on any atom is 0.261 e. The van der Waals surface area contributed by atoms with Crippen LogP contribution in [-0.2, 0) is 20.3 Å². The number of phenolic OH excluding ortho intramolecular Hbond substituents is 1. The van der Waals surface area contributed by atoms with Crippen molar-refractivity contribution >= 4 is 21.5 Å². The van der Waals surface area contributed by atoms with E-state index in [2.05, 4.69) is 58.9 Å². The summed E-state index contributed by atoms with van der Waals surface area (Å²) in [5, 5.41) is 15.2. The van der Waals surface area contributed by atoms with Gasteiger partial charge in [0.2, 0.25) is 0 Å². The van der Waals surface area contributed by atoms with E-state index in [0.29, 0.717) is 12.4 Å². The normalized spacial score (nSPS) is 25.1. The van der Waals surface area contributed by atoms with Crippen molar-refractivity contribution in [3.8, 4) is 22.6 Å². The van der Waals surface area contributed by atoms with Gasteiger partial charge in [-0.3, -0.25) is 0 Å². The van der Waals surface area contributed by atoms with E-state index in [-0.39, 0.29) is 16.6 Å². The van der Waals surface area contributed by atoms with Crippen LogP contribution in [0.15, 0.2) is 66.7 Å². The lowest BCUT2D eigenvalue weighted by Crippen LogP contribution is -2.73. The second-order valence-corrected chi connectivity index (χ2v) is 11.6. The summed E-state index contributed by atoms with van der Waals surface area (Å²) in [5.41, 5.74) is 1.22. The molecule has 2 unspecified atom stereocenters. The Morgan fingerprint density at radius 2 is 1.53 bits per heavy atom. The molecule has 36 heavy (non-hydrogen) atoms. The van der Waals surface area contributed by atoms with Crippen molar-refractivity contribution in [2.24, 2.45) is 10.8 Å². The predicted molar refractivity (Wildman–Crippen MR) is 141 cm³/mol. The van der Waals surface area contributed by atoms with Gasteiger partial charge >= 0.3 is 0 Å². The molecule has 2 fully saturated rings. The van der Waals surface area contributed by atoms with E-state index >= 15 is 0 Å². The molecule has 4 aromatic rings. The molecule has 4 aromatic carbocycles. The van der Waals surface area contributed by atoms with Gasteiger partial charge in [0.05, 0.1) is 13.7 Å². The maximum absolute atomic E-state index is 11.2. The van der Waals surface area contributed by atoms with Crippen molar-refractivity contribution < 1.29 is 24.4 Å². The van der Waals surface area contributed by atoms with Crippen LogP contribution in [0.1, 0.15) is 40.2 Å². The van der Waals surface area contributed by atoms with Crippen LogP contribution in [0, 0.1) is 10.8 Å². The van der Waals surface area contributed by atoms with Gasteiger partial charge in [0.1, 0.15) is 11.5 Å². The molecule has 0 saturated carbocycles. The van der Waals surface area contributed by atoms with Crippen LogP contribution in [-0.4, -0.2) is 24.4 Å². The van der Waals surface area contributed by atoms with Gasteiger partial charge in [-0.25, -0.2) is 4.89 Å². The van der Waals surface area contributed by atoms with E-state index in [1.54, 1.807) is 13.2 Å². The fourth-order valence-electron chi connectivity index (χ4n) is 6.69. The molecular weight excluding hydrogens is 452 g/mol. The van der Waals surface area contributed by atoms with Crippen molar-refractivity contribution in [3.05, 3.63) is 72.3 Å². The molecule has 6 rings (SSSR count). The van der Waals surface area contributed by atoms with Crippen molar-refractivity contribution in [3.63, 3.8) is 0 Å². The highest BCUT2D eigenvalue weighted by Gasteiger charge is 2.81. The molecule has 186 valence electrons. The third-order valence-corrected chi connectivity index (χ3v) is 8.13. The van der Waals surface area contributed by atoms with Crippen LogP contribution in [0.4, 0.5) is 0 Å². The lowest BCUT2D eigenvalue weighted by molar-refractivity contribution is -0.626. The Morgan fingerprint density at radius 1 is 0.833 bits per heavy atom. The molecule has 0 spiro atoms. The quantitative estimate of drug-likeness (QED) is 0.309. The average molecular weight is 485 g/mol. The molecule has 0 bridgehead atoms. The van der Waals surface area contributed by atoms with Crippen LogP contribution >= 0.6 is 0 Å². The summed E-state index contributed by atoms with van der Waals surface area (Å²) in [6.45, 7) is 11.3. The summed E-state index contributed by atoms with van der Waals surface area (Å²) in [7, 11) is 1.66. The Hall–Kier alpha value is -3.12. The Morgan fingerprint density at radius 3 is 2.22 bits per heavy atom. The summed E-state index contributed by atoms with van der Waals surface area (Å²) in [4.78, 5) is 12.0. The summed E-state index contributed by atoms with van der Waals surface area (Å²) in [6, 6.07) is 22.0. The van der Waals surface area contributed by atoms with E-state index in [1.165, 1.54) is 0 Å². The van der Waals surface area contributed by atoms with Gasteiger partial charge in [0, 0.05) is 27.5 Å². The standard InChI is InChI=1S/C31H32O5/c1-28(2,3)31-29(4,5)18-34-30(31,35-36-31)21-14-11-20-12-15-24(32)26(23(20)17-21)27-22-10-8-7-9-19(22)13-16-25(27)33-6/h7-17,32H,18H2,1-6H3. The zero-order chi connectivity index (χ0) is 25.5. The first-order chi connectivity index (χ1) is 17.1. The predicted octanol–water partition coefficient (Wildman–Crippen LogP) is 7.33. The van der Waals surface area contributed by atoms with E-state index in [9.17, 15) is 5.11 Å². The van der Waals surface area contributed by atoms with Crippen molar-refractivity contribution in [1.29, 1.82) is 0 Å². The minimum atomic E-state index is -1.05. The molecular formula is C31H32O5. The first-order valence-corrected chi connectivity index (χ1v) is 12.4. The Kier molecular flexibility index (Phi) is 4.82. The monoisotopic (exact) mass is 484 g/mol. The minimum absolute atomic E-state index is 0.187. The van der Waals surface area contributed by atoms with Crippen molar-refractivity contribution in [2.45, 2.75) is 46.0 Å². The number of benzene rings is 4. The summed E-state index contributed by atoms with van der Waals surface area (Å²) >= 11 is 0. The first-order valence-electron chi connectivity index (χ1n) is 12.4. The van der Waals surface area contributed by atoms with Gasteiger partial charge in [-0.2, -0.15) is 4.89 Å². The molecule has 2 saturated heterocycles. The molecule has 5 heteroatoms. The molecule has 1 N–H and O–H groups in total. The molecule has 2 aliphatic heterocycles. The van der Waals surface area contributed by atoms with Gasteiger partial charge in [0.25, 0.3) is 5.79 Å². The van der Waals surface area contributed by atoms with Gasteiger partial charge < -0.3 is 14.6 Å². The Balaban J connectivity index is 1.65.